The maximum absolute atomic E-state index is 11.3. The predicted octanol–water partition coefficient (Wildman–Crippen LogP) is 1.70. The lowest BCUT2D eigenvalue weighted by molar-refractivity contribution is 0.413. The Morgan fingerprint density at radius 1 is 1.21 bits per heavy atom. The fourth-order valence-electron chi connectivity index (χ4n) is 1.76. The molecule has 0 radical (unpaired) electrons. The maximum atomic E-state index is 11.3. The van der Waals surface area contributed by atoms with Crippen LogP contribution >= 0.6 is 0 Å². The molecule has 1 aromatic carbocycles. The van der Waals surface area contributed by atoms with Gasteiger partial charge in [0.2, 0.25) is 10.0 Å². The molecule has 0 aromatic heterocycles. The van der Waals surface area contributed by atoms with Crippen LogP contribution in [0.1, 0.15) is 13.8 Å². The molecule has 0 saturated heterocycles. The third-order valence-electron chi connectivity index (χ3n) is 3.02. The Morgan fingerprint density at radius 3 is 2.26 bits per heavy atom. The zero-order chi connectivity index (χ0) is 14.5. The van der Waals surface area contributed by atoms with Crippen LogP contribution in [0.5, 0.6) is 0 Å². The zero-order valence-corrected chi connectivity index (χ0v) is 12.5. The minimum absolute atomic E-state index is 0.353. The van der Waals surface area contributed by atoms with Crippen LogP contribution in [0.2, 0.25) is 0 Å². The van der Waals surface area contributed by atoms with Crippen molar-refractivity contribution in [2.24, 2.45) is 17.6 Å². The highest BCUT2D eigenvalue weighted by Crippen LogP contribution is 2.22. The van der Waals surface area contributed by atoms with Crippen LogP contribution in [0.25, 0.3) is 0 Å². The lowest BCUT2D eigenvalue weighted by atomic mass is 9.96. The summed E-state index contributed by atoms with van der Waals surface area (Å²) in [4.78, 5) is 0. The summed E-state index contributed by atoms with van der Waals surface area (Å²) in [7, 11) is -3.27. The molecule has 4 N–H and O–H groups in total. The first kappa shape index (κ1) is 15.8. The van der Waals surface area contributed by atoms with Crippen molar-refractivity contribution < 1.29 is 8.42 Å². The van der Waals surface area contributed by atoms with Gasteiger partial charge < -0.3 is 11.1 Å². The van der Waals surface area contributed by atoms with E-state index < -0.39 is 10.0 Å². The number of nitrogens with two attached hydrogens (primary N) is 1. The van der Waals surface area contributed by atoms with Gasteiger partial charge in [-0.05, 0) is 30.5 Å². The summed E-state index contributed by atoms with van der Waals surface area (Å²) in [5.41, 5.74) is 7.06. The van der Waals surface area contributed by atoms with E-state index in [0.717, 1.165) is 18.5 Å². The van der Waals surface area contributed by atoms with E-state index in [4.69, 9.17) is 5.73 Å². The molecule has 0 amide bonds. The molecule has 1 aromatic rings. The molecule has 1 unspecified atom stereocenters. The minimum Gasteiger partial charge on any atom is -0.383 e. The van der Waals surface area contributed by atoms with Gasteiger partial charge in [0.1, 0.15) is 0 Å². The van der Waals surface area contributed by atoms with Gasteiger partial charge in [0.15, 0.2) is 0 Å². The molecule has 19 heavy (non-hydrogen) atoms. The second kappa shape index (κ2) is 6.77. The van der Waals surface area contributed by atoms with Crippen molar-refractivity contribution in [1.29, 1.82) is 0 Å². The molecule has 5 nitrogen and oxygen atoms in total. The number of hydrogen-bond donors (Lipinski definition) is 3. The Kier molecular flexibility index (Phi) is 5.62. The fourth-order valence-corrected chi connectivity index (χ4v) is 2.34. The first-order valence-corrected chi connectivity index (χ1v) is 8.23. The molecule has 0 saturated carbocycles. The van der Waals surface area contributed by atoms with Gasteiger partial charge in [-0.1, -0.05) is 26.0 Å². The summed E-state index contributed by atoms with van der Waals surface area (Å²) in [6.07, 6.45) is 1.14. The van der Waals surface area contributed by atoms with Crippen LogP contribution in [0.4, 0.5) is 11.4 Å². The molecule has 1 atom stereocenters. The van der Waals surface area contributed by atoms with Crippen LogP contribution in [0.3, 0.4) is 0 Å². The average molecular weight is 285 g/mol. The van der Waals surface area contributed by atoms with Crippen molar-refractivity contribution in [2.75, 3.05) is 29.4 Å². The van der Waals surface area contributed by atoms with Crippen molar-refractivity contribution in [3.63, 3.8) is 0 Å². The standard InChI is InChI=1S/C13H23N3O2S/c1-10(2)11(8-14)9-15-12-6-4-5-7-13(12)16-19(3,17)18/h4-7,10-11,15-16H,8-9,14H2,1-3H3. The molecule has 0 fully saturated rings. The van der Waals surface area contributed by atoms with E-state index in [1.807, 2.05) is 12.1 Å². The highest BCUT2D eigenvalue weighted by atomic mass is 32.2. The second-order valence-electron chi connectivity index (χ2n) is 5.04. The Bertz CT molecular complexity index is 500. The number of nitrogens with one attached hydrogen (secondary N) is 2. The quantitative estimate of drug-likeness (QED) is 0.712. The van der Waals surface area contributed by atoms with Crippen molar-refractivity contribution in [3.05, 3.63) is 24.3 Å². The first-order chi connectivity index (χ1) is 8.83. The summed E-state index contributed by atoms with van der Waals surface area (Å²) in [5, 5.41) is 3.26. The number of para-hydroxylation sites is 2. The van der Waals surface area contributed by atoms with E-state index in [0.29, 0.717) is 24.1 Å². The molecule has 0 aliphatic rings. The molecule has 108 valence electrons. The molecule has 0 spiro atoms. The Balaban J connectivity index is 2.78. The zero-order valence-electron chi connectivity index (χ0n) is 11.7. The van der Waals surface area contributed by atoms with Gasteiger partial charge in [-0.25, -0.2) is 8.42 Å². The van der Waals surface area contributed by atoms with Gasteiger partial charge >= 0.3 is 0 Å². The molecule has 1 rings (SSSR count). The van der Waals surface area contributed by atoms with Gasteiger partial charge in [0.05, 0.1) is 17.6 Å². The minimum atomic E-state index is -3.27. The van der Waals surface area contributed by atoms with Crippen LogP contribution in [-0.4, -0.2) is 27.8 Å². The lowest BCUT2D eigenvalue weighted by Gasteiger charge is -2.21. The Labute approximate surface area is 115 Å². The van der Waals surface area contributed by atoms with Crippen LogP contribution in [-0.2, 0) is 10.0 Å². The highest BCUT2D eigenvalue weighted by Gasteiger charge is 2.12. The van der Waals surface area contributed by atoms with E-state index in [1.165, 1.54) is 0 Å². The summed E-state index contributed by atoms with van der Waals surface area (Å²) in [5.74, 6) is 0.832. The third-order valence-corrected chi connectivity index (χ3v) is 3.61. The van der Waals surface area contributed by atoms with Crippen LogP contribution in [0.15, 0.2) is 24.3 Å². The smallest absolute Gasteiger partial charge is 0.229 e. The van der Waals surface area contributed by atoms with E-state index >= 15 is 0 Å². The van der Waals surface area contributed by atoms with E-state index in [9.17, 15) is 8.42 Å². The van der Waals surface area contributed by atoms with E-state index in [2.05, 4.69) is 23.9 Å². The van der Waals surface area contributed by atoms with E-state index in [-0.39, 0.29) is 0 Å². The van der Waals surface area contributed by atoms with Crippen molar-refractivity contribution in [2.45, 2.75) is 13.8 Å². The molecular weight excluding hydrogens is 262 g/mol. The molecular formula is C13H23N3O2S. The third kappa shape index (κ3) is 5.48. The SMILES string of the molecule is CC(C)C(CN)CNc1ccccc1NS(C)(=O)=O. The molecule has 0 aliphatic heterocycles. The number of rotatable bonds is 7. The Morgan fingerprint density at radius 2 is 1.79 bits per heavy atom. The van der Waals surface area contributed by atoms with E-state index in [1.54, 1.807) is 12.1 Å². The fraction of sp³-hybridized carbons (Fsp3) is 0.538. The topological polar surface area (TPSA) is 84.2 Å². The van der Waals surface area contributed by atoms with Gasteiger partial charge in [-0.2, -0.15) is 0 Å². The Hall–Kier alpha value is -1.27. The van der Waals surface area contributed by atoms with Gasteiger partial charge in [-0.3, -0.25) is 4.72 Å². The molecule has 0 bridgehead atoms. The number of anilines is 2. The summed E-state index contributed by atoms with van der Waals surface area (Å²) < 4.78 is 25.1. The van der Waals surface area contributed by atoms with Crippen molar-refractivity contribution in [1.82, 2.24) is 0 Å². The van der Waals surface area contributed by atoms with Gasteiger partial charge in [-0.15, -0.1) is 0 Å². The number of sulfonamides is 1. The summed E-state index contributed by atoms with van der Waals surface area (Å²) in [6, 6.07) is 7.24. The largest absolute Gasteiger partial charge is 0.383 e. The second-order valence-corrected chi connectivity index (χ2v) is 6.79. The summed E-state index contributed by atoms with van der Waals surface area (Å²) >= 11 is 0. The van der Waals surface area contributed by atoms with Crippen molar-refractivity contribution in [3.8, 4) is 0 Å². The maximum Gasteiger partial charge on any atom is 0.229 e. The number of benzene rings is 1. The van der Waals surface area contributed by atoms with Gasteiger partial charge in [0.25, 0.3) is 0 Å². The highest BCUT2D eigenvalue weighted by molar-refractivity contribution is 7.92. The average Bonchev–Trinajstić information content (AvgIpc) is 2.29. The normalized spacial score (nSPS) is 13.3. The molecule has 0 aliphatic carbocycles. The first-order valence-electron chi connectivity index (χ1n) is 6.34. The van der Waals surface area contributed by atoms with Gasteiger partial charge in [0, 0.05) is 6.54 Å². The lowest BCUT2D eigenvalue weighted by Crippen LogP contribution is -2.27. The van der Waals surface area contributed by atoms with Crippen LogP contribution in [0, 0.1) is 11.8 Å². The number of hydrogen-bond acceptors (Lipinski definition) is 4. The van der Waals surface area contributed by atoms with Crippen LogP contribution < -0.4 is 15.8 Å². The predicted molar refractivity (Wildman–Crippen MR) is 80.8 cm³/mol. The molecule has 6 heteroatoms. The van der Waals surface area contributed by atoms with Crippen molar-refractivity contribution >= 4 is 21.4 Å². The monoisotopic (exact) mass is 285 g/mol. The summed E-state index contributed by atoms with van der Waals surface area (Å²) in [6.45, 7) is 5.57. The molecule has 0 heterocycles.